The van der Waals surface area contributed by atoms with Crippen molar-refractivity contribution in [2.45, 2.75) is 20.0 Å². The van der Waals surface area contributed by atoms with Crippen molar-refractivity contribution in [1.82, 2.24) is 9.97 Å². The molecule has 1 aromatic heterocycles. The molecule has 7 heteroatoms. The van der Waals surface area contributed by atoms with E-state index in [1.54, 1.807) is 12.1 Å². The zero-order valence-electron chi connectivity index (χ0n) is 14.3. The van der Waals surface area contributed by atoms with Gasteiger partial charge < -0.3 is 16.2 Å². The molecule has 0 aliphatic rings. The lowest BCUT2D eigenvalue weighted by Crippen LogP contribution is -2.03. The van der Waals surface area contributed by atoms with Crippen molar-refractivity contribution in [3.05, 3.63) is 77.5 Å². The molecule has 0 radical (unpaired) electrons. The molecule has 0 aliphatic heterocycles. The van der Waals surface area contributed by atoms with E-state index < -0.39 is 5.82 Å². The van der Waals surface area contributed by atoms with E-state index >= 15 is 0 Å². The molecule has 0 unspecified atom stereocenters. The number of nitrogens with two attached hydrogens (primary N) is 2. The van der Waals surface area contributed by atoms with E-state index in [4.69, 9.17) is 16.2 Å². The molecule has 0 bridgehead atoms. The molecule has 0 spiro atoms. The first kappa shape index (κ1) is 19.1. The van der Waals surface area contributed by atoms with E-state index in [1.165, 1.54) is 17.7 Å². The molecule has 136 valence electrons. The standard InChI is InChI=1S/C11H9F2N3O.C8H11N/c12-8-3-1-7(2-4-8)6-17-11-15-5-9(13)10(14)16-11;1-2-7-5-3-4-6-8(7)9/h1-5H,6H2,(H2,14,15,16);3-6H,2,9H2,1H3. The van der Waals surface area contributed by atoms with Gasteiger partial charge in [-0.15, -0.1) is 0 Å². The Labute approximate surface area is 150 Å². The molecule has 2 aromatic carbocycles. The highest BCUT2D eigenvalue weighted by molar-refractivity contribution is 5.46. The number of nitrogen functional groups attached to an aromatic ring is 2. The average molecular weight is 358 g/mol. The van der Waals surface area contributed by atoms with Crippen molar-refractivity contribution in [2.24, 2.45) is 0 Å². The number of para-hydroxylation sites is 1. The zero-order valence-corrected chi connectivity index (χ0v) is 14.3. The van der Waals surface area contributed by atoms with Crippen LogP contribution in [0.1, 0.15) is 18.1 Å². The Morgan fingerprint density at radius 1 is 1.00 bits per heavy atom. The summed E-state index contributed by atoms with van der Waals surface area (Å²) < 4.78 is 30.6. The van der Waals surface area contributed by atoms with E-state index in [2.05, 4.69) is 23.0 Å². The van der Waals surface area contributed by atoms with Crippen LogP contribution in [0.2, 0.25) is 0 Å². The SMILES string of the molecule is CCc1ccccc1N.Nc1nc(OCc2ccc(F)cc2)ncc1F. The number of aromatic nitrogens is 2. The van der Waals surface area contributed by atoms with Gasteiger partial charge in [-0.1, -0.05) is 37.3 Å². The Balaban J connectivity index is 0.000000228. The zero-order chi connectivity index (χ0) is 18.9. The van der Waals surface area contributed by atoms with E-state index in [9.17, 15) is 8.78 Å². The lowest BCUT2D eigenvalue weighted by atomic mass is 10.1. The minimum atomic E-state index is -0.695. The van der Waals surface area contributed by atoms with Crippen molar-refractivity contribution in [2.75, 3.05) is 11.5 Å². The first-order valence-corrected chi connectivity index (χ1v) is 7.98. The van der Waals surface area contributed by atoms with Gasteiger partial charge >= 0.3 is 6.01 Å². The molecule has 3 rings (SSSR count). The molecular weight excluding hydrogens is 338 g/mol. The molecule has 1 heterocycles. The average Bonchev–Trinajstić information content (AvgIpc) is 2.65. The Bertz CT molecular complexity index is 841. The van der Waals surface area contributed by atoms with Crippen LogP contribution in [0.4, 0.5) is 20.3 Å². The van der Waals surface area contributed by atoms with Gasteiger partial charge in [-0.05, 0) is 35.7 Å². The molecule has 0 saturated carbocycles. The maximum Gasteiger partial charge on any atom is 0.318 e. The van der Waals surface area contributed by atoms with Gasteiger partial charge in [-0.25, -0.2) is 13.8 Å². The number of benzene rings is 2. The number of hydrogen-bond acceptors (Lipinski definition) is 5. The van der Waals surface area contributed by atoms with E-state index in [0.29, 0.717) is 0 Å². The number of halogens is 2. The summed E-state index contributed by atoms with van der Waals surface area (Å²) >= 11 is 0. The highest BCUT2D eigenvalue weighted by atomic mass is 19.1. The number of hydrogen-bond donors (Lipinski definition) is 2. The second-order valence-electron chi connectivity index (χ2n) is 5.35. The van der Waals surface area contributed by atoms with Crippen LogP contribution in [0.25, 0.3) is 0 Å². The van der Waals surface area contributed by atoms with Gasteiger partial charge in [0.1, 0.15) is 12.4 Å². The second-order valence-corrected chi connectivity index (χ2v) is 5.35. The van der Waals surface area contributed by atoms with Crippen LogP contribution < -0.4 is 16.2 Å². The summed E-state index contributed by atoms with van der Waals surface area (Å²) in [5.41, 5.74) is 13.8. The normalized spacial score (nSPS) is 9.96. The van der Waals surface area contributed by atoms with Crippen LogP contribution >= 0.6 is 0 Å². The van der Waals surface area contributed by atoms with Crippen LogP contribution in [0.5, 0.6) is 6.01 Å². The molecular formula is C19H20F2N4O. The number of rotatable bonds is 4. The van der Waals surface area contributed by atoms with Gasteiger partial charge in [0.05, 0.1) is 6.20 Å². The molecule has 0 atom stereocenters. The Morgan fingerprint density at radius 2 is 1.69 bits per heavy atom. The van der Waals surface area contributed by atoms with Crippen LogP contribution in [0.3, 0.4) is 0 Å². The fraction of sp³-hybridized carbons (Fsp3) is 0.158. The predicted octanol–water partition coefficient (Wildman–Crippen LogP) is 3.75. The second kappa shape index (κ2) is 9.31. The van der Waals surface area contributed by atoms with Crippen molar-refractivity contribution in [3.8, 4) is 6.01 Å². The Kier molecular flexibility index (Phi) is 6.84. The van der Waals surface area contributed by atoms with Crippen LogP contribution in [0.15, 0.2) is 54.7 Å². The molecule has 0 amide bonds. The van der Waals surface area contributed by atoms with Gasteiger partial charge in [-0.2, -0.15) is 4.98 Å². The van der Waals surface area contributed by atoms with Gasteiger partial charge in [0.2, 0.25) is 0 Å². The maximum atomic E-state index is 12.8. The third-order valence-corrected chi connectivity index (χ3v) is 3.47. The van der Waals surface area contributed by atoms with Crippen LogP contribution in [-0.4, -0.2) is 9.97 Å². The van der Waals surface area contributed by atoms with Gasteiger partial charge in [0.15, 0.2) is 11.6 Å². The summed E-state index contributed by atoms with van der Waals surface area (Å²) in [5.74, 6) is -1.29. The Hall–Kier alpha value is -3.22. The molecule has 0 saturated heterocycles. The van der Waals surface area contributed by atoms with E-state index in [1.807, 2.05) is 18.2 Å². The summed E-state index contributed by atoms with van der Waals surface area (Å²) in [5, 5.41) is 0. The van der Waals surface area contributed by atoms with Crippen molar-refractivity contribution in [3.63, 3.8) is 0 Å². The first-order valence-electron chi connectivity index (χ1n) is 7.98. The number of aryl methyl sites for hydroxylation is 1. The minimum Gasteiger partial charge on any atom is -0.459 e. The summed E-state index contributed by atoms with van der Waals surface area (Å²) in [4.78, 5) is 7.21. The highest BCUT2D eigenvalue weighted by Crippen LogP contribution is 2.12. The van der Waals surface area contributed by atoms with Crippen LogP contribution in [0, 0.1) is 11.6 Å². The fourth-order valence-corrected chi connectivity index (χ4v) is 2.02. The predicted molar refractivity (Wildman–Crippen MR) is 97.4 cm³/mol. The monoisotopic (exact) mass is 358 g/mol. The quantitative estimate of drug-likeness (QED) is 0.694. The van der Waals surface area contributed by atoms with Crippen molar-refractivity contribution in [1.29, 1.82) is 0 Å². The molecule has 0 aliphatic carbocycles. The fourth-order valence-electron chi connectivity index (χ4n) is 2.02. The maximum absolute atomic E-state index is 12.8. The van der Waals surface area contributed by atoms with Gasteiger partial charge in [0.25, 0.3) is 0 Å². The first-order chi connectivity index (χ1) is 12.5. The van der Waals surface area contributed by atoms with Crippen molar-refractivity contribution < 1.29 is 13.5 Å². The van der Waals surface area contributed by atoms with E-state index in [-0.39, 0.29) is 24.3 Å². The minimum absolute atomic E-state index is 0.0202. The van der Waals surface area contributed by atoms with E-state index in [0.717, 1.165) is 23.9 Å². The topological polar surface area (TPSA) is 87.1 Å². The third kappa shape index (κ3) is 5.70. The third-order valence-electron chi connectivity index (χ3n) is 3.47. The lowest BCUT2D eigenvalue weighted by Gasteiger charge is -2.04. The van der Waals surface area contributed by atoms with Crippen LogP contribution in [-0.2, 0) is 13.0 Å². The molecule has 0 fully saturated rings. The molecule has 4 N–H and O–H groups in total. The summed E-state index contributed by atoms with van der Waals surface area (Å²) in [6.07, 6.45) is 1.95. The summed E-state index contributed by atoms with van der Waals surface area (Å²) in [7, 11) is 0. The largest absolute Gasteiger partial charge is 0.459 e. The number of ether oxygens (including phenoxy) is 1. The smallest absolute Gasteiger partial charge is 0.318 e. The summed E-state index contributed by atoms with van der Waals surface area (Å²) in [6.45, 7) is 2.26. The molecule has 3 aromatic rings. The highest BCUT2D eigenvalue weighted by Gasteiger charge is 2.04. The van der Waals surface area contributed by atoms with Gasteiger partial charge in [0, 0.05) is 5.69 Å². The summed E-state index contributed by atoms with van der Waals surface area (Å²) in [6, 6.07) is 13.7. The Morgan fingerprint density at radius 3 is 2.27 bits per heavy atom. The lowest BCUT2D eigenvalue weighted by molar-refractivity contribution is 0.280. The molecule has 5 nitrogen and oxygen atoms in total. The number of nitrogens with zero attached hydrogens (tertiary/aromatic N) is 2. The number of anilines is 2. The van der Waals surface area contributed by atoms with Crippen molar-refractivity contribution >= 4 is 11.5 Å². The van der Waals surface area contributed by atoms with Gasteiger partial charge in [-0.3, -0.25) is 0 Å². The molecule has 26 heavy (non-hydrogen) atoms.